The van der Waals surface area contributed by atoms with Gasteiger partial charge in [0.25, 0.3) is 5.91 Å². The Morgan fingerprint density at radius 1 is 0.788 bits per heavy atom. The zero-order chi connectivity index (χ0) is 22.9. The molecule has 1 heterocycles. The summed E-state index contributed by atoms with van der Waals surface area (Å²) in [5.74, 6) is -0.124. The Kier molecular flexibility index (Phi) is 7.59. The van der Waals surface area contributed by atoms with Gasteiger partial charge in [-0.1, -0.05) is 60.7 Å². The van der Waals surface area contributed by atoms with Crippen molar-refractivity contribution in [2.75, 3.05) is 29.9 Å². The maximum Gasteiger partial charge on any atom is 0.319 e. The van der Waals surface area contributed by atoms with Crippen LogP contribution in [0.1, 0.15) is 34.3 Å². The molecule has 3 N–H and O–H groups in total. The molecule has 6 heteroatoms. The van der Waals surface area contributed by atoms with Crippen molar-refractivity contribution in [2.45, 2.75) is 25.8 Å². The van der Waals surface area contributed by atoms with E-state index < -0.39 is 0 Å². The molecule has 170 valence electrons. The van der Waals surface area contributed by atoms with Crippen molar-refractivity contribution >= 4 is 23.3 Å². The molecule has 33 heavy (non-hydrogen) atoms. The second-order valence-electron chi connectivity index (χ2n) is 8.21. The number of nitrogens with one attached hydrogen (secondary N) is 3. The summed E-state index contributed by atoms with van der Waals surface area (Å²) in [4.78, 5) is 27.7. The van der Waals surface area contributed by atoms with E-state index in [9.17, 15) is 9.59 Å². The highest BCUT2D eigenvalue weighted by atomic mass is 16.2. The van der Waals surface area contributed by atoms with E-state index in [2.05, 4.69) is 33.0 Å². The predicted molar refractivity (Wildman–Crippen MR) is 133 cm³/mol. The van der Waals surface area contributed by atoms with Crippen LogP contribution in [0.3, 0.4) is 0 Å². The zero-order valence-corrected chi connectivity index (χ0v) is 18.7. The van der Waals surface area contributed by atoms with E-state index in [0.29, 0.717) is 24.3 Å². The number of carbonyl (C=O) groups is 2. The van der Waals surface area contributed by atoms with Crippen LogP contribution in [0.25, 0.3) is 0 Å². The third-order valence-electron chi connectivity index (χ3n) is 5.78. The standard InChI is InChI=1S/C27H30N4O2/c32-26(28-16-15-21-9-3-1-4-10-21)24-19-23(13-14-25(24)31-17-7-8-18-31)30-27(33)29-20-22-11-5-2-6-12-22/h1-6,9-14,19H,7-8,15-18,20H2,(H,28,32)(H2,29,30,33). The van der Waals surface area contributed by atoms with Crippen LogP contribution >= 0.6 is 0 Å². The molecule has 0 aliphatic carbocycles. The summed E-state index contributed by atoms with van der Waals surface area (Å²) in [5, 5.41) is 8.76. The summed E-state index contributed by atoms with van der Waals surface area (Å²) < 4.78 is 0. The van der Waals surface area contributed by atoms with E-state index in [0.717, 1.165) is 43.6 Å². The summed E-state index contributed by atoms with van der Waals surface area (Å²) in [5.41, 5.74) is 4.31. The van der Waals surface area contributed by atoms with Gasteiger partial charge in [0.15, 0.2) is 0 Å². The minimum atomic E-state index is -0.303. The van der Waals surface area contributed by atoms with Crippen molar-refractivity contribution in [3.63, 3.8) is 0 Å². The summed E-state index contributed by atoms with van der Waals surface area (Å²) in [6.45, 7) is 2.87. The Balaban J connectivity index is 1.42. The number of rotatable bonds is 8. The minimum Gasteiger partial charge on any atom is -0.371 e. The summed E-state index contributed by atoms with van der Waals surface area (Å²) in [6, 6.07) is 25.1. The zero-order valence-electron chi connectivity index (χ0n) is 18.7. The number of benzene rings is 3. The van der Waals surface area contributed by atoms with Crippen LogP contribution in [0.15, 0.2) is 78.9 Å². The Labute approximate surface area is 195 Å². The van der Waals surface area contributed by atoms with E-state index in [1.807, 2.05) is 60.7 Å². The van der Waals surface area contributed by atoms with Crippen LogP contribution in [0.5, 0.6) is 0 Å². The topological polar surface area (TPSA) is 73.5 Å². The number of carbonyl (C=O) groups excluding carboxylic acids is 2. The van der Waals surface area contributed by atoms with Gasteiger partial charge in [-0.15, -0.1) is 0 Å². The van der Waals surface area contributed by atoms with Crippen molar-refractivity contribution in [3.05, 3.63) is 95.6 Å². The molecule has 0 unspecified atom stereocenters. The van der Waals surface area contributed by atoms with Gasteiger partial charge in [0, 0.05) is 37.6 Å². The number of hydrogen-bond acceptors (Lipinski definition) is 3. The first kappa shape index (κ1) is 22.4. The fourth-order valence-corrected chi connectivity index (χ4v) is 4.04. The third-order valence-corrected chi connectivity index (χ3v) is 5.78. The van der Waals surface area contributed by atoms with Crippen molar-refractivity contribution in [1.29, 1.82) is 0 Å². The van der Waals surface area contributed by atoms with E-state index in [1.165, 1.54) is 5.56 Å². The Morgan fingerprint density at radius 3 is 2.15 bits per heavy atom. The van der Waals surface area contributed by atoms with Crippen molar-refractivity contribution < 1.29 is 9.59 Å². The summed E-state index contributed by atoms with van der Waals surface area (Å²) in [6.07, 6.45) is 3.01. The van der Waals surface area contributed by atoms with Gasteiger partial charge in [-0.3, -0.25) is 4.79 Å². The number of nitrogens with zero attached hydrogens (tertiary/aromatic N) is 1. The highest BCUT2D eigenvalue weighted by Crippen LogP contribution is 2.27. The molecule has 6 nitrogen and oxygen atoms in total. The van der Waals surface area contributed by atoms with Crippen LogP contribution in [0, 0.1) is 0 Å². The Morgan fingerprint density at radius 2 is 1.45 bits per heavy atom. The van der Waals surface area contributed by atoms with Crippen LogP contribution in [-0.4, -0.2) is 31.6 Å². The van der Waals surface area contributed by atoms with Gasteiger partial charge in [0.1, 0.15) is 0 Å². The van der Waals surface area contributed by atoms with Crippen LogP contribution < -0.4 is 20.9 Å². The first-order valence-electron chi connectivity index (χ1n) is 11.5. The molecule has 0 atom stereocenters. The lowest BCUT2D eigenvalue weighted by Crippen LogP contribution is -2.30. The van der Waals surface area contributed by atoms with E-state index in [1.54, 1.807) is 6.07 Å². The normalized spacial score (nSPS) is 12.9. The lowest BCUT2D eigenvalue weighted by Gasteiger charge is -2.22. The lowest BCUT2D eigenvalue weighted by atomic mass is 10.1. The fraction of sp³-hybridized carbons (Fsp3) is 0.259. The molecule has 3 aromatic carbocycles. The highest BCUT2D eigenvalue weighted by Gasteiger charge is 2.20. The van der Waals surface area contributed by atoms with Crippen molar-refractivity contribution in [2.24, 2.45) is 0 Å². The average Bonchev–Trinajstić information content (AvgIpc) is 3.39. The molecule has 1 aliphatic rings. The molecule has 1 saturated heterocycles. The smallest absolute Gasteiger partial charge is 0.319 e. The second kappa shape index (κ2) is 11.2. The van der Waals surface area contributed by atoms with Gasteiger partial charge in [-0.05, 0) is 48.6 Å². The molecule has 4 rings (SSSR count). The first-order valence-corrected chi connectivity index (χ1v) is 11.5. The molecule has 3 aromatic rings. The van der Waals surface area contributed by atoms with Gasteiger partial charge in [0.05, 0.1) is 5.56 Å². The molecule has 0 spiro atoms. The van der Waals surface area contributed by atoms with Gasteiger partial charge in [-0.25, -0.2) is 4.79 Å². The fourth-order valence-electron chi connectivity index (χ4n) is 4.04. The maximum absolute atomic E-state index is 13.1. The van der Waals surface area contributed by atoms with Gasteiger partial charge >= 0.3 is 6.03 Å². The quantitative estimate of drug-likeness (QED) is 0.478. The van der Waals surface area contributed by atoms with Gasteiger partial charge < -0.3 is 20.9 Å². The Bertz CT molecular complexity index is 1060. The van der Waals surface area contributed by atoms with Gasteiger partial charge in [-0.2, -0.15) is 0 Å². The molecular formula is C27H30N4O2. The molecule has 1 fully saturated rings. The van der Waals surface area contributed by atoms with E-state index >= 15 is 0 Å². The van der Waals surface area contributed by atoms with Crippen LogP contribution in [0.4, 0.5) is 16.2 Å². The average molecular weight is 443 g/mol. The van der Waals surface area contributed by atoms with Gasteiger partial charge in [0.2, 0.25) is 0 Å². The Hall–Kier alpha value is -3.80. The largest absolute Gasteiger partial charge is 0.371 e. The third kappa shape index (κ3) is 6.35. The number of urea groups is 1. The van der Waals surface area contributed by atoms with E-state index in [4.69, 9.17) is 0 Å². The minimum absolute atomic E-state index is 0.124. The van der Waals surface area contributed by atoms with Crippen molar-refractivity contribution in [3.8, 4) is 0 Å². The molecule has 0 aromatic heterocycles. The summed E-state index contributed by atoms with van der Waals surface area (Å²) in [7, 11) is 0. The molecular weight excluding hydrogens is 412 g/mol. The van der Waals surface area contributed by atoms with Crippen LogP contribution in [-0.2, 0) is 13.0 Å². The van der Waals surface area contributed by atoms with Crippen molar-refractivity contribution in [1.82, 2.24) is 10.6 Å². The molecule has 0 bridgehead atoms. The number of hydrogen-bond donors (Lipinski definition) is 3. The molecule has 0 radical (unpaired) electrons. The number of anilines is 2. The number of amides is 3. The highest BCUT2D eigenvalue weighted by molar-refractivity contribution is 6.02. The molecule has 1 aliphatic heterocycles. The monoisotopic (exact) mass is 442 g/mol. The maximum atomic E-state index is 13.1. The lowest BCUT2D eigenvalue weighted by molar-refractivity contribution is 0.0954. The molecule has 0 saturated carbocycles. The second-order valence-corrected chi connectivity index (χ2v) is 8.21. The SMILES string of the molecule is O=C(NCc1ccccc1)Nc1ccc(N2CCCC2)c(C(=O)NCCc2ccccc2)c1. The van der Waals surface area contributed by atoms with E-state index in [-0.39, 0.29) is 11.9 Å². The first-order chi connectivity index (χ1) is 16.2. The van der Waals surface area contributed by atoms with Crippen LogP contribution in [0.2, 0.25) is 0 Å². The predicted octanol–water partition coefficient (Wildman–Crippen LogP) is 4.58. The molecule has 3 amide bonds. The summed E-state index contributed by atoms with van der Waals surface area (Å²) >= 11 is 0.